The fourth-order valence-corrected chi connectivity index (χ4v) is 4.37. The number of carbonyl (C=O) groups is 1. The van der Waals surface area contributed by atoms with E-state index in [1.165, 1.54) is 12.1 Å². The van der Waals surface area contributed by atoms with E-state index < -0.39 is 11.6 Å². The van der Waals surface area contributed by atoms with Gasteiger partial charge in [-0.25, -0.2) is 8.78 Å². The van der Waals surface area contributed by atoms with Crippen LogP contribution in [0.5, 0.6) is 0 Å². The summed E-state index contributed by atoms with van der Waals surface area (Å²) >= 11 is 0. The van der Waals surface area contributed by atoms with Gasteiger partial charge in [0.05, 0.1) is 6.20 Å². The first kappa shape index (κ1) is 17.2. The highest BCUT2D eigenvalue weighted by molar-refractivity contribution is 5.79. The molecule has 138 valence electrons. The summed E-state index contributed by atoms with van der Waals surface area (Å²) < 4.78 is 29.3. The normalized spacial score (nSPS) is 19.2. The van der Waals surface area contributed by atoms with Crippen molar-refractivity contribution in [3.63, 3.8) is 0 Å². The maximum absolute atomic E-state index is 14.6. The maximum atomic E-state index is 14.6. The minimum atomic E-state index is -0.512. The van der Waals surface area contributed by atoms with Crippen molar-refractivity contribution in [3.8, 4) is 11.1 Å². The Hall–Kier alpha value is -2.24. The van der Waals surface area contributed by atoms with Gasteiger partial charge in [0.2, 0.25) is 5.91 Å². The first-order valence-electron chi connectivity index (χ1n) is 9.40. The molecule has 2 heterocycles. The Bertz CT molecular complexity index is 753. The number of benzene rings is 1. The number of likely N-dealkylation sites (tertiary alicyclic amines) is 1. The molecule has 26 heavy (non-hydrogen) atoms. The molecule has 1 aromatic carbocycles. The number of nitrogens with zero attached hydrogens (tertiary/aromatic N) is 2. The molecule has 4 nitrogen and oxygen atoms in total. The van der Waals surface area contributed by atoms with Gasteiger partial charge in [-0.1, -0.05) is 12.8 Å². The maximum Gasteiger partial charge on any atom is 0.225 e. The molecular weight excluding hydrogens is 336 g/mol. The van der Waals surface area contributed by atoms with Crippen molar-refractivity contribution >= 4 is 5.91 Å². The van der Waals surface area contributed by atoms with E-state index in [2.05, 4.69) is 10.2 Å². The van der Waals surface area contributed by atoms with E-state index in [0.29, 0.717) is 37.1 Å². The highest BCUT2D eigenvalue weighted by Crippen LogP contribution is 2.35. The monoisotopic (exact) mass is 359 g/mol. The second-order valence-corrected chi connectivity index (χ2v) is 7.42. The number of H-pyrrole nitrogens is 1. The van der Waals surface area contributed by atoms with Crippen LogP contribution in [0.4, 0.5) is 8.78 Å². The minimum Gasteiger partial charge on any atom is -0.342 e. The Morgan fingerprint density at radius 2 is 1.69 bits per heavy atom. The minimum absolute atomic E-state index is 0.158. The van der Waals surface area contributed by atoms with Crippen LogP contribution in [0.25, 0.3) is 11.1 Å². The molecule has 2 fully saturated rings. The number of rotatable bonds is 3. The van der Waals surface area contributed by atoms with E-state index in [4.69, 9.17) is 0 Å². The standard InChI is InChI=1S/C20H23F2N3O/c21-17-9-15(16-11-23-24-12-16)10-18(22)19(17)13-5-7-25(8-6-13)20(26)14-3-1-2-4-14/h9-14H,1-8H2,(H,23,24). The second kappa shape index (κ2) is 7.17. The summed E-state index contributed by atoms with van der Waals surface area (Å²) in [7, 11) is 0. The van der Waals surface area contributed by atoms with Gasteiger partial charge in [0.1, 0.15) is 11.6 Å². The summed E-state index contributed by atoms with van der Waals surface area (Å²) in [6.45, 7) is 1.17. The van der Waals surface area contributed by atoms with Crippen molar-refractivity contribution in [3.05, 3.63) is 41.7 Å². The number of nitrogens with one attached hydrogen (secondary N) is 1. The van der Waals surface area contributed by atoms with Crippen LogP contribution >= 0.6 is 0 Å². The van der Waals surface area contributed by atoms with Gasteiger partial charge in [0, 0.05) is 36.3 Å². The zero-order chi connectivity index (χ0) is 18.1. The Morgan fingerprint density at radius 3 is 2.27 bits per heavy atom. The second-order valence-electron chi connectivity index (χ2n) is 7.42. The number of hydrogen-bond donors (Lipinski definition) is 1. The summed E-state index contributed by atoms with van der Waals surface area (Å²) in [6, 6.07) is 2.75. The largest absolute Gasteiger partial charge is 0.342 e. The van der Waals surface area contributed by atoms with E-state index in [-0.39, 0.29) is 23.3 Å². The summed E-state index contributed by atoms with van der Waals surface area (Å²) in [6.07, 6.45) is 8.60. The predicted molar refractivity (Wildman–Crippen MR) is 94.5 cm³/mol. The van der Waals surface area contributed by atoms with Gasteiger partial charge in [-0.05, 0) is 49.3 Å². The van der Waals surface area contributed by atoms with Crippen molar-refractivity contribution < 1.29 is 13.6 Å². The number of aromatic nitrogens is 2. The molecule has 1 aliphatic carbocycles. The molecule has 1 amide bonds. The number of halogens is 2. The average molecular weight is 359 g/mol. The van der Waals surface area contributed by atoms with Crippen LogP contribution in [0.3, 0.4) is 0 Å². The third-order valence-corrected chi connectivity index (χ3v) is 5.83. The quantitative estimate of drug-likeness (QED) is 0.891. The summed E-state index contributed by atoms with van der Waals surface area (Å²) in [5.74, 6) is -0.809. The molecule has 6 heteroatoms. The van der Waals surface area contributed by atoms with Crippen LogP contribution in [-0.2, 0) is 4.79 Å². The van der Waals surface area contributed by atoms with Crippen LogP contribution in [0.1, 0.15) is 50.0 Å². The fourth-order valence-electron chi connectivity index (χ4n) is 4.37. The van der Waals surface area contributed by atoms with Gasteiger partial charge in [0.25, 0.3) is 0 Å². The molecular formula is C20H23F2N3O. The molecule has 0 unspecified atom stereocenters. The van der Waals surface area contributed by atoms with Gasteiger partial charge >= 0.3 is 0 Å². The highest BCUT2D eigenvalue weighted by atomic mass is 19.1. The molecule has 0 atom stereocenters. The molecule has 1 aliphatic heterocycles. The number of hydrogen-bond acceptors (Lipinski definition) is 2. The van der Waals surface area contributed by atoms with Crippen LogP contribution < -0.4 is 0 Å². The van der Waals surface area contributed by atoms with Crippen LogP contribution in [0, 0.1) is 17.6 Å². The predicted octanol–water partition coefficient (Wildman–Crippen LogP) is 4.25. The summed E-state index contributed by atoms with van der Waals surface area (Å²) in [5.41, 5.74) is 1.29. The first-order chi connectivity index (χ1) is 12.6. The van der Waals surface area contributed by atoms with Crippen molar-refractivity contribution in [1.82, 2.24) is 15.1 Å². The van der Waals surface area contributed by atoms with Gasteiger partial charge in [-0.15, -0.1) is 0 Å². The lowest BCUT2D eigenvalue weighted by atomic mass is 9.87. The Morgan fingerprint density at radius 1 is 1.04 bits per heavy atom. The lowest BCUT2D eigenvalue weighted by molar-refractivity contribution is -0.136. The van der Waals surface area contributed by atoms with Gasteiger partial charge in [0.15, 0.2) is 0 Å². The molecule has 0 bridgehead atoms. The van der Waals surface area contributed by atoms with E-state index in [0.717, 1.165) is 25.7 Å². The summed E-state index contributed by atoms with van der Waals surface area (Å²) in [4.78, 5) is 14.4. The number of carbonyl (C=O) groups excluding carboxylic acids is 1. The molecule has 1 saturated heterocycles. The Balaban J connectivity index is 1.46. The van der Waals surface area contributed by atoms with E-state index >= 15 is 0 Å². The third kappa shape index (κ3) is 3.24. The molecule has 0 radical (unpaired) electrons. The fraction of sp³-hybridized carbons (Fsp3) is 0.500. The zero-order valence-corrected chi connectivity index (χ0v) is 14.7. The lowest BCUT2D eigenvalue weighted by Gasteiger charge is -2.34. The van der Waals surface area contributed by atoms with E-state index in [1.807, 2.05) is 4.90 Å². The first-order valence-corrected chi connectivity index (χ1v) is 9.40. The zero-order valence-electron chi connectivity index (χ0n) is 14.7. The van der Waals surface area contributed by atoms with E-state index in [9.17, 15) is 13.6 Å². The van der Waals surface area contributed by atoms with Gasteiger partial charge in [-0.3, -0.25) is 9.89 Å². The smallest absolute Gasteiger partial charge is 0.225 e. The van der Waals surface area contributed by atoms with Crippen LogP contribution in [-0.4, -0.2) is 34.1 Å². The molecule has 4 rings (SSSR count). The van der Waals surface area contributed by atoms with Crippen molar-refractivity contribution in [2.75, 3.05) is 13.1 Å². The number of amides is 1. The van der Waals surface area contributed by atoms with Crippen molar-refractivity contribution in [1.29, 1.82) is 0 Å². The highest BCUT2D eigenvalue weighted by Gasteiger charge is 2.32. The third-order valence-electron chi connectivity index (χ3n) is 5.83. The lowest BCUT2D eigenvalue weighted by Crippen LogP contribution is -2.41. The Kier molecular flexibility index (Phi) is 4.74. The SMILES string of the molecule is O=C(C1CCCC1)N1CCC(c2c(F)cc(-c3cn[nH]c3)cc2F)CC1. The number of piperidine rings is 1. The van der Waals surface area contributed by atoms with E-state index in [1.54, 1.807) is 12.4 Å². The van der Waals surface area contributed by atoms with Crippen molar-refractivity contribution in [2.45, 2.75) is 44.4 Å². The Labute approximate surface area is 151 Å². The number of aromatic amines is 1. The topological polar surface area (TPSA) is 49.0 Å². The van der Waals surface area contributed by atoms with Gasteiger partial charge in [-0.2, -0.15) is 5.10 Å². The molecule has 2 aliphatic rings. The molecule has 1 N–H and O–H groups in total. The molecule has 1 aromatic heterocycles. The molecule has 1 saturated carbocycles. The molecule has 0 spiro atoms. The van der Waals surface area contributed by atoms with Crippen LogP contribution in [0.15, 0.2) is 24.5 Å². The van der Waals surface area contributed by atoms with Gasteiger partial charge < -0.3 is 4.90 Å². The van der Waals surface area contributed by atoms with Crippen molar-refractivity contribution in [2.24, 2.45) is 5.92 Å². The molecule has 2 aromatic rings. The van der Waals surface area contributed by atoms with Crippen LogP contribution in [0.2, 0.25) is 0 Å². The summed E-state index contributed by atoms with van der Waals surface area (Å²) in [5, 5.41) is 6.47. The average Bonchev–Trinajstić information content (AvgIpc) is 3.35.